The molecule has 1 saturated heterocycles. The summed E-state index contributed by atoms with van der Waals surface area (Å²) in [5.74, 6) is 0.888. The van der Waals surface area contributed by atoms with E-state index in [2.05, 4.69) is 64.6 Å². The number of aromatic nitrogens is 1. The monoisotopic (exact) mass is 389 g/mol. The first-order valence-corrected chi connectivity index (χ1v) is 10.8. The summed E-state index contributed by atoms with van der Waals surface area (Å²) >= 11 is 0. The molecule has 1 aromatic carbocycles. The van der Waals surface area contributed by atoms with Gasteiger partial charge in [-0.05, 0) is 69.3 Å². The summed E-state index contributed by atoms with van der Waals surface area (Å²) in [5, 5.41) is 3.32. The van der Waals surface area contributed by atoms with Gasteiger partial charge in [-0.25, -0.2) is 0 Å². The molecule has 4 rings (SSSR count). The zero-order valence-corrected chi connectivity index (χ0v) is 17.3. The van der Waals surface area contributed by atoms with Crippen molar-refractivity contribution in [3.05, 3.63) is 71.6 Å². The third-order valence-electron chi connectivity index (χ3n) is 6.04. The van der Waals surface area contributed by atoms with Crippen LogP contribution in [0.3, 0.4) is 0 Å². The van der Waals surface area contributed by atoms with Crippen LogP contribution >= 0.6 is 0 Å². The van der Waals surface area contributed by atoms with E-state index in [1.54, 1.807) is 0 Å². The molecule has 2 heterocycles. The fourth-order valence-corrected chi connectivity index (χ4v) is 4.29. The quantitative estimate of drug-likeness (QED) is 0.760. The van der Waals surface area contributed by atoms with Gasteiger partial charge in [-0.2, -0.15) is 0 Å². The van der Waals surface area contributed by atoms with Gasteiger partial charge in [0.05, 0.1) is 11.7 Å². The van der Waals surface area contributed by atoms with Crippen molar-refractivity contribution in [3.63, 3.8) is 0 Å². The van der Waals surface area contributed by atoms with Crippen LogP contribution in [0, 0.1) is 11.8 Å². The minimum Gasteiger partial charge on any atom is -0.347 e. The fraction of sp³-hybridized carbons (Fsp3) is 0.440. The van der Waals surface area contributed by atoms with Gasteiger partial charge < -0.3 is 5.32 Å². The average Bonchev–Trinajstić information content (AvgIpc) is 3.59. The molecule has 2 fully saturated rings. The van der Waals surface area contributed by atoms with Gasteiger partial charge in [0.2, 0.25) is 5.91 Å². The highest BCUT2D eigenvalue weighted by Crippen LogP contribution is 2.34. The molecule has 2 aromatic rings. The molecule has 1 aliphatic heterocycles. The number of carbonyl (C=O) groups is 1. The molecule has 2 aliphatic rings. The van der Waals surface area contributed by atoms with Gasteiger partial charge in [0.25, 0.3) is 0 Å². The summed E-state index contributed by atoms with van der Waals surface area (Å²) < 4.78 is 0. The lowest BCUT2D eigenvalue weighted by Crippen LogP contribution is -2.41. The summed E-state index contributed by atoms with van der Waals surface area (Å²) in [5.41, 5.74) is 3.65. The second-order valence-corrected chi connectivity index (χ2v) is 8.53. The Morgan fingerprint density at radius 1 is 1.10 bits per heavy atom. The molecule has 1 atom stereocenters. The minimum atomic E-state index is 0.0346. The Hall–Kier alpha value is -2.46. The summed E-state index contributed by atoms with van der Waals surface area (Å²) in [6, 6.07) is 16.6. The molecule has 1 N–H and O–H groups in total. The molecule has 1 saturated carbocycles. The third kappa shape index (κ3) is 5.54. The van der Waals surface area contributed by atoms with Crippen LogP contribution in [0.15, 0.2) is 60.3 Å². The lowest BCUT2D eigenvalue weighted by atomic mass is 9.87. The highest BCUT2D eigenvalue weighted by molar-refractivity contribution is 5.81. The SMILES string of the molecule is C/C(=C\c1ccccc1)CN1CCC(C(NC(=O)C2CC2)c2ccccn2)CC1. The van der Waals surface area contributed by atoms with E-state index in [1.807, 2.05) is 18.3 Å². The van der Waals surface area contributed by atoms with Gasteiger partial charge >= 0.3 is 0 Å². The topological polar surface area (TPSA) is 45.2 Å². The number of nitrogens with one attached hydrogen (secondary N) is 1. The summed E-state index contributed by atoms with van der Waals surface area (Å²) in [6.45, 7) is 5.34. The molecule has 4 heteroatoms. The van der Waals surface area contributed by atoms with E-state index in [-0.39, 0.29) is 17.9 Å². The van der Waals surface area contributed by atoms with Gasteiger partial charge in [-0.15, -0.1) is 0 Å². The Balaban J connectivity index is 1.36. The molecule has 0 radical (unpaired) electrons. The second-order valence-electron chi connectivity index (χ2n) is 8.53. The van der Waals surface area contributed by atoms with E-state index in [4.69, 9.17) is 0 Å². The Morgan fingerprint density at radius 3 is 2.48 bits per heavy atom. The smallest absolute Gasteiger partial charge is 0.223 e. The maximum atomic E-state index is 12.5. The van der Waals surface area contributed by atoms with Crippen LogP contribution in [0.2, 0.25) is 0 Å². The first kappa shape index (κ1) is 19.8. The number of piperidine rings is 1. The molecule has 4 nitrogen and oxygen atoms in total. The van der Waals surface area contributed by atoms with E-state index >= 15 is 0 Å². The number of amides is 1. The third-order valence-corrected chi connectivity index (χ3v) is 6.04. The minimum absolute atomic E-state index is 0.0346. The van der Waals surface area contributed by atoms with E-state index in [9.17, 15) is 4.79 Å². The van der Waals surface area contributed by atoms with Gasteiger partial charge in [-0.1, -0.05) is 48.0 Å². The maximum Gasteiger partial charge on any atom is 0.223 e. The maximum absolute atomic E-state index is 12.5. The van der Waals surface area contributed by atoms with E-state index in [0.717, 1.165) is 51.0 Å². The van der Waals surface area contributed by atoms with Crippen molar-refractivity contribution in [2.75, 3.05) is 19.6 Å². The van der Waals surface area contributed by atoms with Crippen LogP contribution in [-0.2, 0) is 4.79 Å². The summed E-state index contributed by atoms with van der Waals surface area (Å²) in [4.78, 5) is 19.6. The van der Waals surface area contributed by atoms with Crippen molar-refractivity contribution in [2.24, 2.45) is 11.8 Å². The Labute approximate surface area is 174 Å². The van der Waals surface area contributed by atoms with Crippen molar-refractivity contribution < 1.29 is 4.79 Å². The van der Waals surface area contributed by atoms with Crippen molar-refractivity contribution >= 4 is 12.0 Å². The van der Waals surface area contributed by atoms with Gasteiger partial charge in [0.1, 0.15) is 0 Å². The van der Waals surface area contributed by atoms with E-state index < -0.39 is 0 Å². The van der Waals surface area contributed by atoms with Crippen molar-refractivity contribution in [2.45, 2.75) is 38.6 Å². The zero-order chi connectivity index (χ0) is 20.1. The fourth-order valence-electron chi connectivity index (χ4n) is 4.29. The lowest BCUT2D eigenvalue weighted by molar-refractivity contribution is -0.123. The molecule has 152 valence electrons. The number of pyridine rings is 1. The molecule has 1 aliphatic carbocycles. The molecule has 0 bridgehead atoms. The second kappa shape index (κ2) is 9.36. The van der Waals surface area contributed by atoms with Crippen molar-refractivity contribution in [1.29, 1.82) is 0 Å². The number of hydrogen-bond acceptors (Lipinski definition) is 3. The van der Waals surface area contributed by atoms with E-state index in [1.165, 1.54) is 11.1 Å². The Bertz CT molecular complexity index is 822. The number of hydrogen-bond donors (Lipinski definition) is 1. The predicted molar refractivity (Wildman–Crippen MR) is 117 cm³/mol. The number of benzene rings is 1. The van der Waals surface area contributed by atoms with Crippen LogP contribution in [0.1, 0.15) is 49.9 Å². The van der Waals surface area contributed by atoms with Crippen LogP contribution < -0.4 is 5.32 Å². The van der Waals surface area contributed by atoms with Crippen molar-refractivity contribution in [1.82, 2.24) is 15.2 Å². The van der Waals surface area contributed by atoms with E-state index in [0.29, 0.717) is 5.92 Å². The number of likely N-dealkylation sites (tertiary alicyclic amines) is 1. The van der Waals surface area contributed by atoms with Gasteiger partial charge in [0.15, 0.2) is 0 Å². The molecule has 29 heavy (non-hydrogen) atoms. The van der Waals surface area contributed by atoms with Crippen LogP contribution in [0.5, 0.6) is 0 Å². The predicted octanol–water partition coefficient (Wildman–Crippen LogP) is 4.46. The first-order valence-electron chi connectivity index (χ1n) is 10.8. The van der Waals surface area contributed by atoms with Gasteiger partial charge in [-0.3, -0.25) is 14.7 Å². The highest BCUT2D eigenvalue weighted by Gasteiger charge is 2.35. The number of carbonyl (C=O) groups excluding carboxylic acids is 1. The molecular formula is C25H31N3O. The Kier molecular flexibility index (Phi) is 6.40. The normalized spacial score (nSPS) is 19.7. The summed E-state index contributed by atoms with van der Waals surface area (Å²) in [6.07, 6.45) is 8.35. The standard InChI is InChI=1S/C25H31N3O/c1-19(17-20-7-3-2-4-8-20)18-28-15-12-21(13-16-28)24(23-9-5-6-14-26-23)27-25(29)22-10-11-22/h2-9,14,17,21-22,24H,10-13,15-16,18H2,1H3,(H,27,29)/b19-17+. The number of nitrogens with zero attached hydrogens (tertiary/aromatic N) is 2. The molecule has 1 amide bonds. The zero-order valence-electron chi connectivity index (χ0n) is 17.3. The Morgan fingerprint density at radius 2 is 1.83 bits per heavy atom. The first-order chi connectivity index (χ1) is 14.2. The average molecular weight is 390 g/mol. The lowest BCUT2D eigenvalue weighted by Gasteiger charge is -2.36. The van der Waals surface area contributed by atoms with Crippen LogP contribution in [0.25, 0.3) is 6.08 Å². The molecule has 0 spiro atoms. The molecular weight excluding hydrogens is 358 g/mol. The molecule has 1 unspecified atom stereocenters. The highest BCUT2D eigenvalue weighted by atomic mass is 16.2. The molecule has 1 aromatic heterocycles. The van der Waals surface area contributed by atoms with Crippen LogP contribution in [-0.4, -0.2) is 35.4 Å². The largest absolute Gasteiger partial charge is 0.347 e. The van der Waals surface area contributed by atoms with Gasteiger partial charge in [0, 0.05) is 18.7 Å². The van der Waals surface area contributed by atoms with Crippen LogP contribution in [0.4, 0.5) is 0 Å². The summed E-state index contributed by atoms with van der Waals surface area (Å²) in [7, 11) is 0. The van der Waals surface area contributed by atoms with Crippen molar-refractivity contribution in [3.8, 4) is 0 Å². The number of rotatable bonds is 7.